The summed E-state index contributed by atoms with van der Waals surface area (Å²) in [6, 6.07) is 13.8. The van der Waals surface area contributed by atoms with E-state index in [1.54, 1.807) is 0 Å². The minimum atomic E-state index is -0.420. The highest BCUT2D eigenvalue weighted by Crippen LogP contribution is 2.22. The van der Waals surface area contributed by atoms with Gasteiger partial charge in [-0.3, -0.25) is 4.79 Å². The zero-order valence-corrected chi connectivity index (χ0v) is 12.7. The first kappa shape index (κ1) is 15.9. The number of carbonyl (C=O) groups is 1. The Balaban J connectivity index is 2.10. The molecule has 0 aliphatic rings. The average molecular weight is 300 g/mol. The third-order valence-electron chi connectivity index (χ3n) is 3.49. The van der Waals surface area contributed by atoms with Gasteiger partial charge in [0.25, 0.3) is 5.91 Å². The number of amides is 1. The number of likely N-dealkylation sites (N-methyl/N-ethyl adjacent to an activating group) is 1. The largest absolute Gasteiger partial charge is 0.508 e. The maximum Gasteiger partial charge on any atom is 0.255 e. The molecular formula is C17H20N2O3. The van der Waals surface area contributed by atoms with Crippen LogP contribution in [-0.2, 0) is 0 Å². The van der Waals surface area contributed by atoms with Crippen LogP contribution in [0.25, 0.3) is 0 Å². The summed E-state index contributed by atoms with van der Waals surface area (Å²) >= 11 is 0. The standard InChI is InChI=1S/C17H20N2O3/c1-19(2)15(12-6-4-3-5-7-12)11-18-17(22)14-10-13(20)8-9-16(14)21/h3-10,15,20-21H,11H2,1-2H3,(H,18,22)/t15-/m1/s1. The molecule has 0 aliphatic carbocycles. The molecule has 1 amide bonds. The number of benzene rings is 2. The van der Waals surface area contributed by atoms with Crippen LogP contribution in [0.4, 0.5) is 0 Å². The summed E-state index contributed by atoms with van der Waals surface area (Å²) in [6.45, 7) is 0.394. The van der Waals surface area contributed by atoms with Gasteiger partial charge >= 0.3 is 0 Å². The van der Waals surface area contributed by atoms with E-state index in [1.165, 1.54) is 18.2 Å². The molecule has 0 aromatic heterocycles. The minimum Gasteiger partial charge on any atom is -0.508 e. The maximum atomic E-state index is 12.2. The van der Waals surface area contributed by atoms with Gasteiger partial charge in [-0.15, -0.1) is 0 Å². The summed E-state index contributed by atoms with van der Waals surface area (Å²) in [5, 5.41) is 21.9. The van der Waals surface area contributed by atoms with Crippen molar-refractivity contribution < 1.29 is 15.0 Å². The predicted molar refractivity (Wildman–Crippen MR) is 85.0 cm³/mol. The van der Waals surface area contributed by atoms with Crippen molar-refractivity contribution >= 4 is 5.91 Å². The predicted octanol–water partition coefficient (Wildman–Crippen LogP) is 2.13. The summed E-state index contributed by atoms with van der Waals surface area (Å²) in [5.74, 6) is -0.636. The van der Waals surface area contributed by atoms with Crippen molar-refractivity contribution in [2.75, 3.05) is 20.6 Å². The Bertz CT molecular complexity index is 642. The van der Waals surface area contributed by atoms with E-state index in [4.69, 9.17) is 0 Å². The molecule has 0 spiro atoms. The van der Waals surface area contributed by atoms with Crippen molar-refractivity contribution in [1.82, 2.24) is 10.2 Å². The molecule has 22 heavy (non-hydrogen) atoms. The molecule has 2 rings (SSSR count). The highest BCUT2D eigenvalue weighted by atomic mass is 16.3. The quantitative estimate of drug-likeness (QED) is 0.740. The van der Waals surface area contributed by atoms with E-state index in [1.807, 2.05) is 49.3 Å². The van der Waals surface area contributed by atoms with Gasteiger partial charge in [-0.1, -0.05) is 30.3 Å². The van der Waals surface area contributed by atoms with Crippen LogP contribution in [0.15, 0.2) is 48.5 Å². The van der Waals surface area contributed by atoms with Crippen molar-refractivity contribution in [2.45, 2.75) is 6.04 Å². The summed E-state index contributed by atoms with van der Waals surface area (Å²) < 4.78 is 0. The van der Waals surface area contributed by atoms with Gasteiger partial charge in [0.05, 0.1) is 11.6 Å². The molecule has 5 heteroatoms. The molecule has 0 aliphatic heterocycles. The Kier molecular flexibility index (Phi) is 5.01. The maximum absolute atomic E-state index is 12.2. The number of aromatic hydroxyl groups is 2. The molecule has 2 aromatic rings. The number of rotatable bonds is 5. The molecule has 0 radical (unpaired) electrons. The third-order valence-corrected chi connectivity index (χ3v) is 3.49. The molecule has 0 saturated heterocycles. The molecule has 0 fully saturated rings. The lowest BCUT2D eigenvalue weighted by Crippen LogP contribution is -2.34. The Labute approximate surface area is 129 Å². The third kappa shape index (κ3) is 3.77. The summed E-state index contributed by atoms with van der Waals surface area (Å²) in [5.41, 5.74) is 1.15. The topological polar surface area (TPSA) is 72.8 Å². The van der Waals surface area contributed by atoms with Crippen molar-refractivity contribution in [3.8, 4) is 11.5 Å². The Morgan fingerprint density at radius 3 is 2.45 bits per heavy atom. The summed E-state index contributed by atoms with van der Waals surface area (Å²) in [6.07, 6.45) is 0. The van der Waals surface area contributed by atoms with Gasteiger partial charge in [-0.2, -0.15) is 0 Å². The fraction of sp³-hybridized carbons (Fsp3) is 0.235. The van der Waals surface area contributed by atoms with Crippen molar-refractivity contribution in [3.05, 3.63) is 59.7 Å². The minimum absolute atomic E-state index is 0.0182. The number of nitrogens with zero attached hydrogens (tertiary/aromatic N) is 1. The molecule has 0 unspecified atom stereocenters. The van der Waals surface area contributed by atoms with Crippen LogP contribution in [0.3, 0.4) is 0 Å². The molecule has 116 valence electrons. The monoisotopic (exact) mass is 300 g/mol. The van der Waals surface area contributed by atoms with Crippen LogP contribution >= 0.6 is 0 Å². The second-order valence-electron chi connectivity index (χ2n) is 5.30. The highest BCUT2D eigenvalue weighted by molar-refractivity contribution is 5.97. The van der Waals surface area contributed by atoms with Gasteiger partial charge in [0.2, 0.25) is 0 Å². The summed E-state index contributed by atoms with van der Waals surface area (Å²) in [7, 11) is 3.88. The average Bonchev–Trinajstić information content (AvgIpc) is 2.50. The van der Waals surface area contributed by atoms with E-state index in [-0.39, 0.29) is 23.1 Å². The smallest absolute Gasteiger partial charge is 0.255 e. The van der Waals surface area contributed by atoms with Gasteiger partial charge in [-0.25, -0.2) is 0 Å². The normalized spacial score (nSPS) is 12.1. The van der Waals surface area contributed by atoms with E-state index in [0.717, 1.165) is 5.56 Å². The van der Waals surface area contributed by atoms with Crippen molar-refractivity contribution in [3.63, 3.8) is 0 Å². The number of hydrogen-bond donors (Lipinski definition) is 3. The molecule has 5 nitrogen and oxygen atoms in total. The zero-order valence-electron chi connectivity index (χ0n) is 12.7. The Hall–Kier alpha value is -2.53. The fourth-order valence-corrected chi connectivity index (χ4v) is 2.26. The van der Waals surface area contributed by atoms with Gasteiger partial charge < -0.3 is 20.4 Å². The van der Waals surface area contributed by atoms with Crippen LogP contribution in [-0.4, -0.2) is 41.7 Å². The molecule has 2 aromatic carbocycles. The van der Waals surface area contributed by atoms with Crippen molar-refractivity contribution in [2.24, 2.45) is 0 Å². The number of phenolic OH excluding ortho intramolecular Hbond substituents is 2. The Morgan fingerprint density at radius 2 is 1.82 bits per heavy atom. The Morgan fingerprint density at radius 1 is 1.14 bits per heavy atom. The lowest BCUT2D eigenvalue weighted by molar-refractivity contribution is 0.0939. The highest BCUT2D eigenvalue weighted by Gasteiger charge is 2.17. The molecule has 0 heterocycles. The van der Waals surface area contributed by atoms with Crippen LogP contribution in [0.5, 0.6) is 11.5 Å². The van der Waals surface area contributed by atoms with Crippen LogP contribution in [0.1, 0.15) is 22.0 Å². The molecule has 1 atom stereocenters. The molecule has 0 saturated carbocycles. The van der Waals surface area contributed by atoms with Crippen LogP contribution in [0, 0.1) is 0 Å². The van der Waals surface area contributed by atoms with Gasteiger partial charge in [0.1, 0.15) is 11.5 Å². The number of phenols is 2. The lowest BCUT2D eigenvalue weighted by atomic mass is 10.1. The van der Waals surface area contributed by atoms with Crippen LogP contribution < -0.4 is 5.32 Å². The second kappa shape index (κ2) is 6.95. The molecule has 3 N–H and O–H groups in total. The second-order valence-corrected chi connectivity index (χ2v) is 5.30. The van der Waals surface area contributed by atoms with Gasteiger partial charge in [0, 0.05) is 6.54 Å². The van der Waals surface area contributed by atoms with Gasteiger partial charge in [0.15, 0.2) is 0 Å². The van der Waals surface area contributed by atoms with E-state index >= 15 is 0 Å². The van der Waals surface area contributed by atoms with E-state index in [9.17, 15) is 15.0 Å². The first-order valence-corrected chi connectivity index (χ1v) is 7.00. The van der Waals surface area contributed by atoms with E-state index < -0.39 is 5.91 Å². The van der Waals surface area contributed by atoms with Crippen molar-refractivity contribution in [1.29, 1.82) is 0 Å². The van der Waals surface area contributed by atoms with Crippen LogP contribution in [0.2, 0.25) is 0 Å². The molecule has 0 bridgehead atoms. The van der Waals surface area contributed by atoms with Gasteiger partial charge in [-0.05, 0) is 37.9 Å². The van der Waals surface area contributed by atoms with E-state index in [0.29, 0.717) is 6.54 Å². The first-order valence-electron chi connectivity index (χ1n) is 7.00. The lowest BCUT2D eigenvalue weighted by Gasteiger charge is -2.25. The number of nitrogens with one attached hydrogen (secondary N) is 1. The number of carbonyl (C=O) groups excluding carboxylic acids is 1. The zero-order chi connectivity index (χ0) is 16.1. The SMILES string of the molecule is CN(C)[C@H](CNC(=O)c1cc(O)ccc1O)c1ccccc1. The van der Waals surface area contributed by atoms with E-state index in [2.05, 4.69) is 5.32 Å². The fourth-order valence-electron chi connectivity index (χ4n) is 2.26. The summed E-state index contributed by atoms with van der Waals surface area (Å²) in [4.78, 5) is 14.2. The molecular weight excluding hydrogens is 280 g/mol. The number of hydrogen-bond acceptors (Lipinski definition) is 4. The first-order chi connectivity index (χ1) is 10.5.